The van der Waals surface area contributed by atoms with Crippen molar-refractivity contribution in [1.82, 2.24) is 4.90 Å². The minimum absolute atomic E-state index is 0.505. The van der Waals surface area contributed by atoms with Gasteiger partial charge in [-0.2, -0.15) is 0 Å². The molecule has 0 bridgehead atoms. The number of hydrogen-bond acceptors (Lipinski definition) is 2. The molecule has 4 fully saturated rings. The average Bonchev–Trinajstić information content (AvgIpc) is 2.74. The van der Waals surface area contributed by atoms with Crippen LogP contribution in [0.4, 0.5) is 0 Å². The summed E-state index contributed by atoms with van der Waals surface area (Å²) in [6.07, 6.45) is 8.42. The van der Waals surface area contributed by atoms with Crippen LogP contribution in [-0.4, -0.2) is 26.6 Å². The smallest absolute Gasteiger partial charge is 0.0938 e. The number of rotatable bonds is 0. The van der Waals surface area contributed by atoms with Gasteiger partial charge in [0.25, 0.3) is 0 Å². The summed E-state index contributed by atoms with van der Waals surface area (Å²) < 4.78 is 0. The summed E-state index contributed by atoms with van der Waals surface area (Å²) >= 11 is 7.75. The third-order valence-corrected chi connectivity index (χ3v) is 7.63. The fourth-order valence-electron chi connectivity index (χ4n) is 4.44. The third-order valence-electron chi connectivity index (χ3n) is 5.02. The van der Waals surface area contributed by atoms with Crippen molar-refractivity contribution in [3.8, 4) is 0 Å². The van der Waals surface area contributed by atoms with Gasteiger partial charge in [-0.05, 0) is 25.7 Å². The molecule has 4 aliphatic rings. The normalized spacial score (nSPS) is 54.1. The van der Waals surface area contributed by atoms with Crippen LogP contribution in [0.25, 0.3) is 0 Å². The molecule has 1 saturated carbocycles. The van der Waals surface area contributed by atoms with Crippen molar-refractivity contribution in [3.63, 3.8) is 0 Å². The topological polar surface area (TPSA) is 3.24 Å². The molecule has 0 amide bonds. The maximum Gasteiger partial charge on any atom is 0.0938 e. The highest BCUT2D eigenvalue weighted by Crippen LogP contribution is 2.76. The van der Waals surface area contributed by atoms with Crippen LogP contribution in [0.15, 0.2) is 0 Å². The Labute approximate surface area is 94.6 Å². The summed E-state index contributed by atoms with van der Waals surface area (Å²) in [5, 5.41) is 0.994. The van der Waals surface area contributed by atoms with Crippen LogP contribution in [0.3, 0.4) is 0 Å². The molecule has 3 heterocycles. The maximum atomic E-state index is 5.48. The Kier molecular flexibility index (Phi) is 1.39. The maximum absolute atomic E-state index is 5.48. The van der Waals surface area contributed by atoms with Crippen LogP contribution >= 0.6 is 24.0 Å². The molecule has 3 aliphatic heterocycles. The first-order valence-electron chi connectivity index (χ1n) is 5.77. The van der Waals surface area contributed by atoms with Gasteiger partial charge in [0, 0.05) is 23.6 Å². The van der Waals surface area contributed by atoms with Gasteiger partial charge in [0.15, 0.2) is 0 Å². The summed E-state index contributed by atoms with van der Waals surface area (Å²) in [4.78, 5) is 4.36. The molecule has 1 aliphatic carbocycles. The van der Waals surface area contributed by atoms with Gasteiger partial charge in [0.1, 0.15) is 0 Å². The summed E-state index contributed by atoms with van der Waals surface area (Å²) in [5.74, 6) is 0. The van der Waals surface area contributed by atoms with Crippen molar-refractivity contribution in [3.05, 3.63) is 0 Å². The Morgan fingerprint density at radius 3 is 3.14 bits per heavy atom. The molecule has 1 nitrogen and oxygen atoms in total. The Bertz CT molecular complexity index is 329. The highest BCUT2D eigenvalue weighted by Gasteiger charge is 2.74. The molecule has 0 aromatic heterocycles. The lowest BCUT2D eigenvalue weighted by Crippen LogP contribution is -2.60. The van der Waals surface area contributed by atoms with Crippen molar-refractivity contribution >= 4 is 29.0 Å². The minimum Gasteiger partial charge on any atom is -0.351 e. The van der Waals surface area contributed by atoms with Crippen LogP contribution in [0.2, 0.25) is 0 Å². The van der Waals surface area contributed by atoms with Gasteiger partial charge < -0.3 is 4.90 Å². The molecule has 0 aromatic carbocycles. The molecule has 3 atom stereocenters. The lowest BCUT2D eigenvalue weighted by atomic mass is 9.75. The van der Waals surface area contributed by atoms with Gasteiger partial charge in [0.2, 0.25) is 0 Å². The van der Waals surface area contributed by atoms with E-state index in [0.717, 1.165) is 5.25 Å². The van der Waals surface area contributed by atoms with E-state index in [1.165, 1.54) is 50.1 Å². The summed E-state index contributed by atoms with van der Waals surface area (Å²) in [5.41, 5.74) is 0.707. The lowest BCUT2D eigenvalue weighted by molar-refractivity contribution is 0.158. The zero-order valence-corrected chi connectivity index (χ0v) is 9.92. The predicted octanol–water partition coefficient (Wildman–Crippen LogP) is 2.80. The van der Waals surface area contributed by atoms with E-state index in [1.807, 2.05) is 0 Å². The molecule has 3 saturated heterocycles. The van der Waals surface area contributed by atoms with E-state index in [0.29, 0.717) is 10.3 Å². The van der Waals surface area contributed by atoms with Crippen molar-refractivity contribution in [2.45, 2.75) is 48.6 Å². The molecule has 3 unspecified atom stereocenters. The summed E-state index contributed by atoms with van der Waals surface area (Å²) in [6.45, 7) is 1.27. The van der Waals surface area contributed by atoms with E-state index in [2.05, 4.69) is 16.7 Å². The Balaban J connectivity index is 1.82. The van der Waals surface area contributed by atoms with Gasteiger partial charge in [-0.15, -0.1) is 11.8 Å². The molecule has 0 N–H and O–H groups in total. The summed E-state index contributed by atoms with van der Waals surface area (Å²) in [6, 6.07) is 0. The zero-order valence-electron chi connectivity index (χ0n) is 8.29. The second-order valence-corrected chi connectivity index (χ2v) is 7.19. The SMILES string of the molecule is S=C1CCC23SC4CCCC42CCN13. The van der Waals surface area contributed by atoms with E-state index < -0.39 is 0 Å². The molecule has 14 heavy (non-hydrogen) atoms. The van der Waals surface area contributed by atoms with Crippen molar-refractivity contribution in [2.24, 2.45) is 5.41 Å². The molecule has 4 rings (SSSR count). The molecule has 0 aromatic rings. The van der Waals surface area contributed by atoms with E-state index in [-0.39, 0.29) is 0 Å². The summed E-state index contributed by atoms with van der Waals surface area (Å²) in [7, 11) is 0. The van der Waals surface area contributed by atoms with Gasteiger partial charge >= 0.3 is 0 Å². The van der Waals surface area contributed by atoms with E-state index in [1.54, 1.807) is 0 Å². The van der Waals surface area contributed by atoms with E-state index >= 15 is 0 Å². The standard InChI is InChI=1S/C11H15NS2/c13-9-3-5-11-10(6-7-12(9)11)4-1-2-8(10)14-11/h8H,1-7H2. The monoisotopic (exact) mass is 225 g/mol. The first-order valence-corrected chi connectivity index (χ1v) is 7.06. The molecule has 3 heteroatoms. The predicted molar refractivity (Wildman–Crippen MR) is 63.5 cm³/mol. The van der Waals surface area contributed by atoms with Gasteiger partial charge in [-0.3, -0.25) is 0 Å². The fraction of sp³-hybridized carbons (Fsp3) is 0.909. The average molecular weight is 225 g/mol. The van der Waals surface area contributed by atoms with Crippen molar-refractivity contribution in [2.75, 3.05) is 6.54 Å². The number of nitrogens with zero attached hydrogens (tertiary/aromatic N) is 1. The van der Waals surface area contributed by atoms with E-state index in [9.17, 15) is 0 Å². The first-order chi connectivity index (χ1) is 6.79. The van der Waals surface area contributed by atoms with Crippen LogP contribution in [0.1, 0.15) is 38.5 Å². The van der Waals surface area contributed by atoms with Gasteiger partial charge in [-0.1, -0.05) is 18.6 Å². The Hall–Kier alpha value is 0.240. The quantitative estimate of drug-likeness (QED) is 0.584. The molecular weight excluding hydrogens is 210 g/mol. The molecule has 0 radical (unpaired) electrons. The third kappa shape index (κ3) is 0.638. The number of hydrogen-bond donors (Lipinski definition) is 0. The number of thioether (sulfide) groups is 1. The zero-order chi connectivity index (χ0) is 9.39. The number of thiocarbonyl (C=S) groups is 1. The van der Waals surface area contributed by atoms with Gasteiger partial charge in [0.05, 0.1) is 9.86 Å². The van der Waals surface area contributed by atoms with Crippen molar-refractivity contribution < 1.29 is 0 Å². The van der Waals surface area contributed by atoms with Crippen LogP contribution < -0.4 is 0 Å². The largest absolute Gasteiger partial charge is 0.351 e. The molecular formula is C11H15NS2. The van der Waals surface area contributed by atoms with Crippen molar-refractivity contribution in [1.29, 1.82) is 0 Å². The van der Waals surface area contributed by atoms with E-state index in [4.69, 9.17) is 12.2 Å². The highest BCUT2D eigenvalue weighted by molar-refractivity contribution is 8.03. The minimum atomic E-state index is 0.505. The van der Waals surface area contributed by atoms with Gasteiger partial charge in [-0.25, -0.2) is 0 Å². The Morgan fingerprint density at radius 1 is 1.36 bits per heavy atom. The molecule has 76 valence electrons. The fourth-order valence-corrected chi connectivity index (χ4v) is 7.20. The highest BCUT2D eigenvalue weighted by atomic mass is 32.2. The second-order valence-electron chi connectivity index (χ2n) is 5.23. The first kappa shape index (κ1) is 8.40. The van der Waals surface area contributed by atoms with Crippen LogP contribution in [0.5, 0.6) is 0 Å². The van der Waals surface area contributed by atoms with Crippen LogP contribution in [-0.2, 0) is 0 Å². The van der Waals surface area contributed by atoms with Crippen LogP contribution in [0, 0.1) is 5.41 Å². The Morgan fingerprint density at radius 2 is 2.29 bits per heavy atom. The lowest BCUT2D eigenvalue weighted by Gasteiger charge is -2.58. The second kappa shape index (κ2) is 2.32. The molecule has 2 spiro atoms.